The van der Waals surface area contributed by atoms with Crippen LogP contribution in [0.15, 0.2) is 97.1 Å². The van der Waals surface area contributed by atoms with Crippen molar-refractivity contribution in [3.8, 4) is 0 Å². The first kappa shape index (κ1) is 21.0. The molecule has 4 rings (SSSR count). The van der Waals surface area contributed by atoms with Crippen LogP contribution in [0.3, 0.4) is 0 Å². The van der Waals surface area contributed by atoms with E-state index in [0.29, 0.717) is 23.2 Å². The maximum Gasteiger partial charge on any atom is 0.255 e. The second-order valence-electron chi connectivity index (χ2n) is 7.50. The van der Waals surface area contributed by atoms with Crippen molar-refractivity contribution in [2.45, 2.75) is 12.5 Å². The van der Waals surface area contributed by atoms with Crippen LogP contribution in [0.25, 0.3) is 10.8 Å². The second-order valence-corrected chi connectivity index (χ2v) is 7.50. The fraction of sp³-hybridized carbons (Fsp3) is 0.0741. The van der Waals surface area contributed by atoms with Gasteiger partial charge in [0.05, 0.1) is 6.04 Å². The lowest BCUT2D eigenvalue weighted by Gasteiger charge is -2.14. The molecule has 1 atom stereocenters. The minimum absolute atomic E-state index is 0.261. The standard InChI is InChI=1S/C27H22N2O3/c30-18-25(15-19-7-2-1-3-8-19)29-26(31)22-11-6-12-24(17-22)28-27(32)23-14-13-20-9-4-5-10-21(20)16-23/h1-14,16-18,25H,15H2,(H,28,32)(H,29,31). The largest absolute Gasteiger partial charge is 0.342 e. The third-order valence-electron chi connectivity index (χ3n) is 5.17. The number of carbonyl (C=O) groups is 3. The van der Waals surface area contributed by atoms with Gasteiger partial charge in [-0.1, -0.05) is 66.7 Å². The van der Waals surface area contributed by atoms with Crippen LogP contribution in [0.5, 0.6) is 0 Å². The number of fused-ring (bicyclic) bond motifs is 1. The minimum atomic E-state index is -0.638. The molecule has 0 fully saturated rings. The van der Waals surface area contributed by atoms with Crippen LogP contribution in [0.2, 0.25) is 0 Å². The summed E-state index contributed by atoms with van der Waals surface area (Å²) < 4.78 is 0. The molecule has 0 saturated heterocycles. The van der Waals surface area contributed by atoms with Crippen LogP contribution in [-0.4, -0.2) is 24.1 Å². The maximum absolute atomic E-state index is 12.7. The zero-order valence-electron chi connectivity index (χ0n) is 17.3. The normalized spacial score (nSPS) is 11.5. The van der Waals surface area contributed by atoms with E-state index >= 15 is 0 Å². The summed E-state index contributed by atoms with van der Waals surface area (Å²) in [6, 6.07) is 28.8. The number of anilines is 1. The van der Waals surface area contributed by atoms with Crippen LogP contribution >= 0.6 is 0 Å². The van der Waals surface area contributed by atoms with E-state index < -0.39 is 6.04 Å². The summed E-state index contributed by atoms with van der Waals surface area (Å²) in [7, 11) is 0. The molecule has 0 heterocycles. The monoisotopic (exact) mass is 422 g/mol. The Morgan fingerprint density at radius 3 is 2.22 bits per heavy atom. The third kappa shape index (κ3) is 5.08. The summed E-state index contributed by atoms with van der Waals surface area (Å²) in [4.78, 5) is 36.9. The molecule has 32 heavy (non-hydrogen) atoms. The number of hydrogen-bond donors (Lipinski definition) is 2. The van der Waals surface area contributed by atoms with Gasteiger partial charge < -0.3 is 15.4 Å². The van der Waals surface area contributed by atoms with Crippen molar-refractivity contribution in [1.29, 1.82) is 0 Å². The molecule has 158 valence electrons. The molecule has 5 heteroatoms. The SMILES string of the molecule is O=CC(Cc1ccccc1)NC(=O)c1cccc(NC(=O)c2ccc3ccccc3c2)c1. The van der Waals surface area contributed by atoms with Gasteiger partial charge >= 0.3 is 0 Å². The van der Waals surface area contributed by atoms with Crippen LogP contribution in [0.1, 0.15) is 26.3 Å². The van der Waals surface area contributed by atoms with E-state index in [0.717, 1.165) is 22.6 Å². The van der Waals surface area contributed by atoms with Crippen molar-refractivity contribution >= 4 is 34.6 Å². The molecule has 0 saturated carbocycles. The Labute approximate surface area is 186 Å². The predicted octanol–water partition coefficient (Wildman–Crippen LogP) is 4.63. The van der Waals surface area contributed by atoms with Crippen LogP contribution in [0, 0.1) is 0 Å². The minimum Gasteiger partial charge on any atom is -0.342 e. The van der Waals surface area contributed by atoms with Gasteiger partial charge in [-0.25, -0.2) is 0 Å². The third-order valence-corrected chi connectivity index (χ3v) is 5.17. The molecule has 0 radical (unpaired) electrons. The van der Waals surface area contributed by atoms with E-state index in [1.807, 2.05) is 66.7 Å². The highest BCUT2D eigenvalue weighted by Crippen LogP contribution is 2.18. The van der Waals surface area contributed by atoms with Gasteiger partial charge in [0, 0.05) is 16.8 Å². The van der Waals surface area contributed by atoms with E-state index in [1.165, 1.54) is 0 Å². The predicted molar refractivity (Wildman–Crippen MR) is 126 cm³/mol. The summed E-state index contributed by atoms with van der Waals surface area (Å²) in [5.41, 5.74) is 2.35. The molecule has 5 nitrogen and oxygen atoms in total. The van der Waals surface area contributed by atoms with E-state index in [-0.39, 0.29) is 11.8 Å². The fourth-order valence-electron chi connectivity index (χ4n) is 3.52. The molecule has 2 N–H and O–H groups in total. The molecule has 0 aliphatic rings. The highest BCUT2D eigenvalue weighted by molar-refractivity contribution is 6.07. The lowest BCUT2D eigenvalue weighted by atomic mass is 10.1. The van der Waals surface area contributed by atoms with Gasteiger partial charge in [0.25, 0.3) is 11.8 Å². The first-order chi connectivity index (χ1) is 15.6. The van der Waals surface area contributed by atoms with Gasteiger partial charge in [0.15, 0.2) is 0 Å². The van der Waals surface area contributed by atoms with Crippen molar-refractivity contribution in [3.05, 3.63) is 114 Å². The van der Waals surface area contributed by atoms with Gasteiger partial charge in [0.2, 0.25) is 0 Å². The maximum atomic E-state index is 12.7. The van der Waals surface area contributed by atoms with Gasteiger partial charge in [-0.2, -0.15) is 0 Å². The van der Waals surface area contributed by atoms with Crippen LogP contribution in [-0.2, 0) is 11.2 Å². The fourth-order valence-corrected chi connectivity index (χ4v) is 3.52. The quantitative estimate of drug-likeness (QED) is 0.426. The molecule has 1 unspecified atom stereocenters. The first-order valence-corrected chi connectivity index (χ1v) is 10.3. The molecule has 4 aromatic rings. The van der Waals surface area contributed by atoms with E-state index in [4.69, 9.17) is 0 Å². The number of aldehydes is 1. The Morgan fingerprint density at radius 2 is 1.44 bits per heavy atom. The molecule has 0 spiro atoms. The van der Waals surface area contributed by atoms with E-state index in [9.17, 15) is 14.4 Å². The summed E-state index contributed by atoms with van der Waals surface area (Å²) in [5.74, 6) is -0.636. The number of nitrogens with one attached hydrogen (secondary N) is 2. The Morgan fingerprint density at radius 1 is 0.719 bits per heavy atom. The molecular weight excluding hydrogens is 400 g/mol. The number of benzene rings is 4. The zero-order chi connectivity index (χ0) is 22.3. The topological polar surface area (TPSA) is 75.3 Å². The van der Waals surface area contributed by atoms with Crippen LogP contribution in [0.4, 0.5) is 5.69 Å². The number of carbonyl (C=O) groups excluding carboxylic acids is 3. The van der Waals surface area contributed by atoms with E-state index in [2.05, 4.69) is 10.6 Å². The summed E-state index contributed by atoms with van der Waals surface area (Å²) >= 11 is 0. The molecule has 0 aliphatic heterocycles. The van der Waals surface area contributed by atoms with Gasteiger partial charge in [-0.05, 0) is 53.1 Å². The Bertz CT molecular complexity index is 1270. The Balaban J connectivity index is 1.44. The van der Waals surface area contributed by atoms with Crippen molar-refractivity contribution in [1.82, 2.24) is 5.32 Å². The second kappa shape index (κ2) is 9.71. The molecule has 0 aromatic heterocycles. The average molecular weight is 422 g/mol. The van der Waals surface area contributed by atoms with Gasteiger partial charge in [-0.3, -0.25) is 9.59 Å². The van der Waals surface area contributed by atoms with E-state index in [1.54, 1.807) is 30.3 Å². The molecule has 4 aromatic carbocycles. The summed E-state index contributed by atoms with van der Waals surface area (Å²) in [6.07, 6.45) is 1.14. The van der Waals surface area contributed by atoms with Gasteiger partial charge in [-0.15, -0.1) is 0 Å². The van der Waals surface area contributed by atoms with Gasteiger partial charge in [0.1, 0.15) is 6.29 Å². The smallest absolute Gasteiger partial charge is 0.255 e. The number of hydrogen-bond acceptors (Lipinski definition) is 3. The molecule has 2 amide bonds. The molecule has 0 aliphatic carbocycles. The van der Waals surface area contributed by atoms with Crippen molar-refractivity contribution in [2.75, 3.05) is 5.32 Å². The zero-order valence-corrected chi connectivity index (χ0v) is 17.3. The molecule has 0 bridgehead atoms. The van der Waals surface area contributed by atoms with Crippen molar-refractivity contribution < 1.29 is 14.4 Å². The van der Waals surface area contributed by atoms with Crippen LogP contribution < -0.4 is 10.6 Å². The summed E-state index contributed by atoms with van der Waals surface area (Å²) in [5, 5.41) is 7.62. The highest BCUT2D eigenvalue weighted by Gasteiger charge is 2.15. The Hall–Kier alpha value is -4.25. The first-order valence-electron chi connectivity index (χ1n) is 10.3. The molecular formula is C27H22N2O3. The lowest BCUT2D eigenvalue weighted by molar-refractivity contribution is -0.109. The Kier molecular flexibility index (Phi) is 6.37. The number of rotatable bonds is 7. The lowest BCUT2D eigenvalue weighted by Crippen LogP contribution is -2.37. The highest BCUT2D eigenvalue weighted by atomic mass is 16.2. The average Bonchev–Trinajstić information content (AvgIpc) is 2.84. The summed E-state index contributed by atoms with van der Waals surface area (Å²) in [6.45, 7) is 0. The van der Waals surface area contributed by atoms with Crippen molar-refractivity contribution in [3.63, 3.8) is 0 Å². The van der Waals surface area contributed by atoms with Crippen molar-refractivity contribution in [2.24, 2.45) is 0 Å². The number of amides is 2.